The van der Waals surface area contributed by atoms with E-state index in [2.05, 4.69) is 20.0 Å². The zero-order chi connectivity index (χ0) is 34.3. The van der Waals surface area contributed by atoms with E-state index in [1.807, 2.05) is 36.4 Å². The number of aromatic nitrogens is 2. The van der Waals surface area contributed by atoms with Crippen LogP contribution < -0.4 is 24.2 Å². The Labute approximate surface area is 280 Å². The molecule has 0 saturated heterocycles. The van der Waals surface area contributed by atoms with Gasteiger partial charge in [0.2, 0.25) is 27.7 Å². The summed E-state index contributed by atoms with van der Waals surface area (Å²) in [6.07, 6.45) is 7.29. The average molecular weight is 682 g/mol. The van der Waals surface area contributed by atoms with Crippen LogP contribution in [-0.2, 0) is 24.4 Å². The molecule has 6 rings (SSSR count). The maximum absolute atomic E-state index is 14.1. The Hall–Kier alpha value is -4.20. The Kier molecular flexibility index (Phi) is 9.14. The van der Waals surface area contributed by atoms with Crippen LogP contribution in [0.3, 0.4) is 0 Å². The molecule has 0 radical (unpaired) electrons. The van der Waals surface area contributed by atoms with E-state index < -0.39 is 50.1 Å². The van der Waals surface area contributed by atoms with Crippen LogP contribution in [0.25, 0.3) is 11.3 Å². The van der Waals surface area contributed by atoms with Crippen LogP contribution in [0.4, 0.5) is 0 Å². The number of hydrogen-bond donors (Lipinski definition) is 2. The topological polar surface area (TPSA) is 166 Å². The third-order valence-electron chi connectivity index (χ3n) is 10.1. The van der Waals surface area contributed by atoms with Gasteiger partial charge in [0, 0.05) is 31.1 Å². The van der Waals surface area contributed by atoms with Crippen molar-refractivity contribution < 1.29 is 37.0 Å². The number of benzene rings is 1. The molecule has 1 aromatic heterocycles. The summed E-state index contributed by atoms with van der Waals surface area (Å²) in [4.78, 5) is 52.0. The molecule has 5 atom stereocenters. The van der Waals surface area contributed by atoms with Crippen molar-refractivity contribution in [2.75, 3.05) is 27.8 Å². The molecular weight excluding hydrogens is 638 g/mol. The lowest BCUT2D eigenvalue weighted by molar-refractivity contribution is -0.140. The first kappa shape index (κ1) is 33.7. The van der Waals surface area contributed by atoms with Crippen LogP contribution in [-0.4, -0.2) is 85.2 Å². The molecule has 2 heterocycles. The molecule has 48 heavy (non-hydrogen) atoms. The monoisotopic (exact) mass is 681 g/mol. The fraction of sp³-hybridized carbons (Fsp3) is 0.559. The third kappa shape index (κ3) is 6.71. The van der Waals surface area contributed by atoms with E-state index in [-0.39, 0.29) is 43.0 Å². The van der Waals surface area contributed by atoms with Crippen molar-refractivity contribution in [2.24, 2.45) is 17.8 Å². The maximum Gasteiger partial charge on any atom is 0.320 e. The van der Waals surface area contributed by atoms with E-state index in [9.17, 15) is 22.8 Å². The predicted molar refractivity (Wildman–Crippen MR) is 176 cm³/mol. The van der Waals surface area contributed by atoms with Crippen LogP contribution in [0, 0.1) is 17.8 Å². The van der Waals surface area contributed by atoms with Gasteiger partial charge in [0.15, 0.2) is 0 Å². The van der Waals surface area contributed by atoms with Crippen molar-refractivity contribution in [3.63, 3.8) is 0 Å². The summed E-state index contributed by atoms with van der Waals surface area (Å²) in [5, 5.41) is 2.92. The number of ether oxygens (including phenoxy) is 3. The molecule has 14 heteroatoms. The van der Waals surface area contributed by atoms with Gasteiger partial charge in [0.05, 0.1) is 36.5 Å². The molecule has 1 aromatic carbocycles. The normalized spacial score (nSPS) is 29.0. The highest BCUT2D eigenvalue weighted by atomic mass is 32.2. The van der Waals surface area contributed by atoms with Gasteiger partial charge in [0.25, 0.3) is 5.91 Å². The number of amides is 3. The summed E-state index contributed by atoms with van der Waals surface area (Å²) in [5.74, 6) is -2.43. The van der Waals surface area contributed by atoms with Gasteiger partial charge in [0.1, 0.15) is 17.4 Å². The summed E-state index contributed by atoms with van der Waals surface area (Å²) in [7, 11) is 0.844. The quantitative estimate of drug-likeness (QED) is 0.396. The molecule has 2 N–H and O–H groups in total. The molecule has 1 aliphatic heterocycles. The van der Waals surface area contributed by atoms with Crippen LogP contribution in [0.2, 0.25) is 0 Å². The molecule has 2 aromatic rings. The van der Waals surface area contributed by atoms with Gasteiger partial charge in [-0.3, -0.25) is 19.1 Å². The van der Waals surface area contributed by atoms with E-state index in [0.717, 1.165) is 24.8 Å². The van der Waals surface area contributed by atoms with Crippen LogP contribution in [0.15, 0.2) is 42.5 Å². The summed E-state index contributed by atoms with van der Waals surface area (Å²) < 4.78 is 44.3. The molecule has 258 valence electrons. The largest absolute Gasteiger partial charge is 0.497 e. The second-order valence-corrected chi connectivity index (χ2v) is 15.8. The Morgan fingerprint density at radius 1 is 1.06 bits per heavy atom. The summed E-state index contributed by atoms with van der Waals surface area (Å²) in [5.41, 5.74) is -0.123. The fourth-order valence-corrected chi connectivity index (χ4v) is 7.96. The Morgan fingerprint density at radius 2 is 1.83 bits per heavy atom. The van der Waals surface area contributed by atoms with Crippen molar-refractivity contribution in [3.05, 3.63) is 42.5 Å². The second-order valence-electron chi connectivity index (χ2n) is 13.6. The van der Waals surface area contributed by atoms with Gasteiger partial charge >= 0.3 is 6.01 Å². The van der Waals surface area contributed by atoms with E-state index in [0.29, 0.717) is 30.8 Å². The molecular formula is C34H43N5O8S. The minimum atomic E-state index is -3.92. The molecule has 0 bridgehead atoms. The highest BCUT2D eigenvalue weighted by Crippen LogP contribution is 2.48. The first-order valence-corrected chi connectivity index (χ1v) is 17.9. The summed E-state index contributed by atoms with van der Waals surface area (Å²) in [6, 6.07) is 9.12. The number of rotatable bonds is 8. The lowest BCUT2D eigenvalue weighted by Crippen LogP contribution is -2.55. The molecule has 4 aliphatic rings. The number of carbonyl (C=O) groups is 3. The number of carbonyl (C=O) groups excluding carboxylic acids is 3. The van der Waals surface area contributed by atoms with Gasteiger partial charge in [-0.1, -0.05) is 24.3 Å². The van der Waals surface area contributed by atoms with Gasteiger partial charge in [-0.2, -0.15) is 9.97 Å². The third-order valence-corrected chi connectivity index (χ3v) is 12.3. The van der Waals surface area contributed by atoms with Gasteiger partial charge in [-0.05, 0) is 70.4 Å². The lowest BCUT2D eigenvalue weighted by Gasteiger charge is -2.27. The number of hydrogen-bond acceptors (Lipinski definition) is 10. The zero-order valence-corrected chi connectivity index (χ0v) is 28.5. The van der Waals surface area contributed by atoms with E-state index >= 15 is 0 Å². The second kappa shape index (κ2) is 13.0. The number of methoxy groups -OCH3 is 2. The van der Waals surface area contributed by atoms with Crippen molar-refractivity contribution >= 4 is 27.7 Å². The summed E-state index contributed by atoms with van der Waals surface area (Å²) >= 11 is 0. The molecule has 3 aliphatic carbocycles. The molecule has 3 amide bonds. The van der Waals surface area contributed by atoms with Crippen molar-refractivity contribution in [1.82, 2.24) is 24.9 Å². The van der Waals surface area contributed by atoms with Gasteiger partial charge in [-0.15, -0.1) is 0 Å². The van der Waals surface area contributed by atoms with Crippen molar-refractivity contribution in [2.45, 2.75) is 74.7 Å². The Bertz CT molecular complexity index is 1730. The first-order chi connectivity index (χ1) is 22.9. The maximum atomic E-state index is 14.1. The predicted octanol–water partition coefficient (Wildman–Crippen LogP) is 3.01. The smallest absolute Gasteiger partial charge is 0.320 e. The molecule has 0 unspecified atom stereocenters. The molecule has 0 spiro atoms. The highest BCUT2D eigenvalue weighted by molar-refractivity contribution is 7.91. The summed E-state index contributed by atoms with van der Waals surface area (Å²) in [6.45, 7) is 2.15. The number of allylic oxidation sites excluding steroid dienone is 1. The van der Waals surface area contributed by atoms with Crippen molar-refractivity contribution in [1.29, 1.82) is 0 Å². The number of nitrogens with zero attached hydrogens (tertiary/aromatic N) is 3. The Morgan fingerprint density at radius 3 is 2.56 bits per heavy atom. The van der Waals surface area contributed by atoms with E-state index in [1.165, 1.54) is 7.11 Å². The molecule has 3 saturated carbocycles. The van der Waals surface area contributed by atoms with Crippen LogP contribution in [0.5, 0.6) is 17.6 Å². The van der Waals surface area contributed by atoms with Gasteiger partial charge < -0.3 is 24.4 Å². The fourth-order valence-electron chi connectivity index (χ4n) is 6.65. The van der Waals surface area contributed by atoms with E-state index in [1.54, 1.807) is 32.0 Å². The molecule has 3 fully saturated rings. The highest BCUT2D eigenvalue weighted by Gasteiger charge is 2.63. The first-order valence-electron chi connectivity index (χ1n) is 16.4. The van der Waals surface area contributed by atoms with Crippen LogP contribution >= 0.6 is 0 Å². The zero-order valence-electron chi connectivity index (χ0n) is 27.7. The van der Waals surface area contributed by atoms with E-state index in [4.69, 9.17) is 14.2 Å². The average Bonchev–Trinajstić information content (AvgIpc) is 3.95. The van der Waals surface area contributed by atoms with Crippen molar-refractivity contribution in [3.8, 4) is 28.9 Å². The minimum absolute atomic E-state index is 0.0892. The van der Waals surface area contributed by atoms with Crippen LogP contribution in [0.1, 0.15) is 58.3 Å². The standard InChI is InChI=1S/C34H43N5O8S/c1-33(13-14-33)48(43,44)38-31(42)34-20-22(34)11-7-5-6-8-15-39(2)30(41)26-18-24(17-25(26)29(40)37-34)47-28-19-27(35-32(36-28)46-4)21-10-9-12-23(16-21)45-3/h7,9-12,16,19,22,24-26H,5-6,8,13-15,17-18,20H2,1-4H3,(H,37,40)(H,38,42)/b11-7+/t22-,24+,25+,26+,34-/m0/s1. The number of fused-ring (bicyclic) bond motifs is 2. The Balaban J connectivity index is 1.26. The number of sulfonamides is 1. The lowest BCUT2D eigenvalue weighted by atomic mass is 9.93. The SMILES string of the molecule is COc1cccc(-c2cc(O[C@@H]3C[C@H]4C(=O)N[C@@]5(C(=O)NS(=O)(=O)C6(C)CC6)C[C@@H]5/C=C/CCCCN(C)C(=O)[C@@H]4C3)nc(OC)n2)c1. The number of nitrogens with one attached hydrogen (secondary N) is 2. The minimum Gasteiger partial charge on any atom is -0.497 e. The molecule has 13 nitrogen and oxygen atoms in total. The van der Waals surface area contributed by atoms with Gasteiger partial charge in [-0.25, -0.2) is 8.42 Å².